The number of hydrogen-bond donors (Lipinski definition) is 3. The van der Waals surface area contributed by atoms with E-state index in [1.807, 2.05) is 30.3 Å². The van der Waals surface area contributed by atoms with Gasteiger partial charge in [0.1, 0.15) is 5.75 Å². The Morgan fingerprint density at radius 2 is 2.03 bits per heavy atom. The summed E-state index contributed by atoms with van der Waals surface area (Å²) in [5, 5.41) is 15.6. The first-order chi connectivity index (χ1) is 15.3. The molecule has 0 spiro atoms. The maximum Gasteiger partial charge on any atom is 0.320 e. The standard InChI is InChI=1S/C22H22ClN3O5S/c1-3-31-19(28)12-15(18-8-7-17(32-18)13-5-4-6-14(23)11-13)24-22(30)25-20-16(27)9-10-26(2)21(20)29/h4-11,15,27H,3,12H2,1-2H3,(H2,24,25,30)/t15-/m0/s1. The van der Waals surface area contributed by atoms with Crippen molar-refractivity contribution in [2.45, 2.75) is 19.4 Å². The highest BCUT2D eigenvalue weighted by Crippen LogP contribution is 2.34. The Morgan fingerprint density at radius 1 is 1.25 bits per heavy atom. The highest BCUT2D eigenvalue weighted by Gasteiger charge is 2.22. The van der Waals surface area contributed by atoms with Crippen molar-refractivity contribution >= 4 is 40.6 Å². The summed E-state index contributed by atoms with van der Waals surface area (Å²) in [7, 11) is 1.50. The van der Waals surface area contributed by atoms with Gasteiger partial charge in [-0.1, -0.05) is 23.7 Å². The summed E-state index contributed by atoms with van der Waals surface area (Å²) in [6.07, 6.45) is 1.28. The van der Waals surface area contributed by atoms with E-state index in [0.29, 0.717) is 9.90 Å². The predicted molar refractivity (Wildman–Crippen MR) is 124 cm³/mol. The van der Waals surface area contributed by atoms with Crippen LogP contribution in [0.1, 0.15) is 24.3 Å². The number of aromatic nitrogens is 1. The highest BCUT2D eigenvalue weighted by molar-refractivity contribution is 7.15. The van der Waals surface area contributed by atoms with E-state index in [-0.39, 0.29) is 24.5 Å². The normalized spacial score (nSPS) is 11.6. The molecule has 32 heavy (non-hydrogen) atoms. The lowest BCUT2D eigenvalue weighted by Gasteiger charge is -2.17. The predicted octanol–water partition coefficient (Wildman–Crippen LogP) is 4.29. The molecule has 0 radical (unpaired) electrons. The van der Waals surface area contributed by atoms with Gasteiger partial charge in [-0.15, -0.1) is 11.3 Å². The Labute approximate surface area is 193 Å². The number of aryl methyl sites for hydroxylation is 1. The number of esters is 1. The summed E-state index contributed by atoms with van der Waals surface area (Å²) in [5.41, 5.74) is 0.0837. The molecule has 0 fully saturated rings. The number of anilines is 1. The van der Waals surface area contributed by atoms with Crippen LogP contribution in [0.3, 0.4) is 0 Å². The molecule has 3 rings (SSSR count). The van der Waals surface area contributed by atoms with Crippen molar-refractivity contribution in [2.24, 2.45) is 7.05 Å². The van der Waals surface area contributed by atoms with Gasteiger partial charge >= 0.3 is 12.0 Å². The van der Waals surface area contributed by atoms with E-state index in [2.05, 4.69) is 10.6 Å². The molecule has 8 nitrogen and oxygen atoms in total. The minimum atomic E-state index is -0.740. The summed E-state index contributed by atoms with van der Waals surface area (Å²) in [6.45, 7) is 1.91. The number of aromatic hydroxyl groups is 1. The molecule has 10 heteroatoms. The molecule has 3 N–H and O–H groups in total. The highest BCUT2D eigenvalue weighted by atomic mass is 35.5. The monoisotopic (exact) mass is 475 g/mol. The van der Waals surface area contributed by atoms with Gasteiger partial charge in [0.15, 0.2) is 5.69 Å². The van der Waals surface area contributed by atoms with E-state index >= 15 is 0 Å². The van der Waals surface area contributed by atoms with Crippen molar-refractivity contribution in [2.75, 3.05) is 11.9 Å². The van der Waals surface area contributed by atoms with Crippen LogP contribution in [0.15, 0.2) is 53.5 Å². The molecule has 0 aliphatic heterocycles. The van der Waals surface area contributed by atoms with Crippen molar-refractivity contribution in [3.8, 4) is 16.2 Å². The van der Waals surface area contributed by atoms with E-state index in [9.17, 15) is 19.5 Å². The van der Waals surface area contributed by atoms with E-state index in [0.717, 1.165) is 10.4 Å². The van der Waals surface area contributed by atoms with Crippen LogP contribution in [-0.4, -0.2) is 28.3 Å². The molecule has 2 heterocycles. The molecule has 1 atom stereocenters. The fraction of sp³-hybridized carbons (Fsp3) is 0.227. The number of amides is 2. The molecule has 0 aliphatic carbocycles. The third kappa shape index (κ3) is 5.68. The zero-order valence-corrected chi connectivity index (χ0v) is 19.0. The zero-order chi connectivity index (χ0) is 23.3. The van der Waals surface area contributed by atoms with Crippen LogP contribution in [0, 0.1) is 0 Å². The van der Waals surface area contributed by atoms with Gasteiger partial charge in [0, 0.05) is 28.0 Å². The van der Waals surface area contributed by atoms with Crippen LogP contribution < -0.4 is 16.2 Å². The second-order valence-corrected chi connectivity index (χ2v) is 8.42. The van der Waals surface area contributed by atoms with Crippen LogP contribution in [0.5, 0.6) is 5.75 Å². The Morgan fingerprint density at radius 3 is 2.75 bits per heavy atom. The maximum atomic E-state index is 12.6. The quantitative estimate of drug-likeness (QED) is 0.441. The summed E-state index contributed by atoms with van der Waals surface area (Å²) >= 11 is 7.48. The lowest BCUT2D eigenvalue weighted by molar-refractivity contribution is -0.143. The smallest absolute Gasteiger partial charge is 0.320 e. The second-order valence-electron chi connectivity index (χ2n) is 6.86. The van der Waals surface area contributed by atoms with E-state index in [1.165, 1.54) is 35.2 Å². The van der Waals surface area contributed by atoms with Crippen LogP contribution >= 0.6 is 22.9 Å². The van der Waals surface area contributed by atoms with E-state index in [1.54, 1.807) is 13.0 Å². The first-order valence-electron chi connectivity index (χ1n) is 9.76. The molecular weight excluding hydrogens is 454 g/mol. The first-order valence-corrected chi connectivity index (χ1v) is 10.9. The molecule has 0 bridgehead atoms. The van der Waals surface area contributed by atoms with E-state index in [4.69, 9.17) is 16.3 Å². The zero-order valence-electron chi connectivity index (χ0n) is 17.4. The molecule has 3 aromatic rings. The van der Waals surface area contributed by atoms with Crippen LogP contribution in [0.2, 0.25) is 5.02 Å². The summed E-state index contributed by atoms with van der Waals surface area (Å²) < 4.78 is 6.26. The molecule has 168 valence electrons. The van der Waals surface area contributed by atoms with Crippen molar-refractivity contribution in [3.63, 3.8) is 0 Å². The first kappa shape index (κ1) is 23.4. The van der Waals surface area contributed by atoms with Crippen molar-refractivity contribution in [1.29, 1.82) is 0 Å². The molecule has 2 amide bonds. The summed E-state index contributed by atoms with van der Waals surface area (Å²) in [6, 6.07) is 10.9. The number of hydrogen-bond acceptors (Lipinski definition) is 6. The number of halogens is 1. The van der Waals surface area contributed by atoms with Gasteiger partial charge in [0.25, 0.3) is 5.56 Å². The molecule has 0 unspecified atom stereocenters. The van der Waals surface area contributed by atoms with Crippen molar-refractivity contribution in [3.05, 3.63) is 68.9 Å². The number of carbonyl (C=O) groups is 2. The van der Waals surface area contributed by atoms with Gasteiger partial charge in [-0.25, -0.2) is 4.79 Å². The summed E-state index contributed by atoms with van der Waals surface area (Å²) in [4.78, 5) is 38.6. The average Bonchev–Trinajstić information content (AvgIpc) is 3.24. The number of urea groups is 1. The summed E-state index contributed by atoms with van der Waals surface area (Å²) in [5.74, 6) is -0.835. The molecular formula is C22H22ClN3O5S. The number of benzene rings is 1. The molecule has 1 aromatic carbocycles. The van der Waals surface area contributed by atoms with Crippen molar-refractivity contribution in [1.82, 2.24) is 9.88 Å². The number of nitrogens with zero attached hydrogens (tertiary/aromatic N) is 1. The second kappa shape index (κ2) is 10.3. The fourth-order valence-electron chi connectivity index (χ4n) is 2.99. The van der Waals surface area contributed by atoms with Gasteiger partial charge in [-0.05, 0) is 42.8 Å². The van der Waals surface area contributed by atoms with Gasteiger partial charge in [0.05, 0.1) is 19.1 Å². The number of rotatable bonds is 7. The van der Waals surface area contributed by atoms with Gasteiger partial charge < -0.3 is 25.0 Å². The molecule has 0 aliphatic rings. The minimum Gasteiger partial charge on any atom is -0.505 e. The van der Waals surface area contributed by atoms with E-state index < -0.39 is 23.6 Å². The lowest BCUT2D eigenvalue weighted by Crippen LogP contribution is -2.35. The topological polar surface area (TPSA) is 110 Å². The number of thiophene rings is 1. The third-order valence-electron chi connectivity index (χ3n) is 4.55. The van der Waals surface area contributed by atoms with Gasteiger partial charge in [0.2, 0.25) is 0 Å². The molecule has 0 saturated carbocycles. The Hall–Kier alpha value is -3.30. The fourth-order valence-corrected chi connectivity index (χ4v) is 4.24. The number of pyridine rings is 1. The van der Waals surface area contributed by atoms with Crippen molar-refractivity contribution < 1.29 is 19.4 Å². The maximum absolute atomic E-state index is 12.6. The Bertz CT molecular complexity index is 1190. The largest absolute Gasteiger partial charge is 0.505 e. The molecule has 2 aromatic heterocycles. The molecule has 0 saturated heterocycles. The minimum absolute atomic E-state index is 0.102. The van der Waals surface area contributed by atoms with Gasteiger partial charge in [-0.2, -0.15) is 0 Å². The van der Waals surface area contributed by atoms with Crippen LogP contribution in [0.4, 0.5) is 10.5 Å². The Balaban J connectivity index is 1.84. The van der Waals surface area contributed by atoms with Crippen LogP contribution in [-0.2, 0) is 16.6 Å². The van der Waals surface area contributed by atoms with Crippen LogP contribution in [0.25, 0.3) is 10.4 Å². The number of nitrogens with one attached hydrogen (secondary N) is 2. The number of ether oxygens (including phenoxy) is 1. The number of carbonyl (C=O) groups excluding carboxylic acids is 2. The van der Waals surface area contributed by atoms with Gasteiger partial charge in [-0.3, -0.25) is 9.59 Å². The average molecular weight is 476 g/mol. The third-order valence-corrected chi connectivity index (χ3v) is 6.03. The SMILES string of the molecule is CCOC(=O)C[C@H](NC(=O)Nc1c(O)ccn(C)c1=O)c1ccc(-c2cccc(Cl)c2)s1. The Kier molecular flexibility index (Phi) is 7.55. The lowest BCUT2D eigenvalue weighted by atomic mass is 10.1.